The minimum atomic E-state index is -0.356. The molecule has 4 rings (SSSR count). The van der Waals surface area contributed by atoms with E-state index in [9.17, 15) is 14.0 Å². The summed E-state index contributed by atoms with van der Waals surface area (Å²) in [5.74, 6) is -0.482. The second-order valence-corrected chi connectivity index (χ2v) is 7.47. The molecule has 30 heavy (non-hydrogen) atoms. The van der Waals surface area contributed by atoms with E-state index in [1.165, 1.54) is 28.2 Å². The molecule has 2 aromatic carbocycles. The van der Waals surface area contributed by atoms with E-state index in [0.29, 0.717) is 33.3 Å². The van der Waals surface area contributed by atoms with Crippen LogP contribution in [0.3, 0.4) is 0 Å². The lowest BCUT2D eigenvalue weighted by Crippen LogP contribution is -2.16. The Labute approximate surface area is 176 Å². The standard InChI is InChI=1S/C22H17FN4O2S/c1-14-12-20(27(26-14)18-9-7-16(23)8-10-18)25-21(28)15-4-2-5-17(13-15)24-22(29)19-6-3-11-30-19/h2-13H,1H3,(H,24,29)(H,25,28). The Morgan fingerprint density at radius 1 is 0.967 bits per heavy atom. The van der Waals surface area contributed by atoms with Gasteiger partial charge in [0.1, 0.15) is 11.6 Å². The maximum Gasteiger partial charge on any atom is 0.265 e. The van der Waals surface area contributed by atoms with E-state index in [1.54, 1.807) is 61.5 Å². The number of carbonyl (C=O) groups excluding carboxylic acids is 2. The summed E-state index contributed by atoms with van der Waals surface area (Å²) < 4.78 is 14.8. The number of anilines is 2. The van der Waals surface area contributed by atoms with Gasteiger partial charge in [-0.05, 0) is 60.8 Å². The highest BCUT2D eigenvalue weighted by atomic mass is 32.1. The van der Waals surface area contributed by atoms with Crippen LogP contribution in [-0.4, -0.2) is 21.6 Å². The van der Waals surface area contributed by atoms with Gasteiger partial charge in [-0.15, -0.1) is 11.3 Å². The third kappa shape index (κ3) is 4.28. The highest BCUT2D eigenvalue weighted by Crippen LogP contribution is 2.20. The summed E-state index contributed by atoms with van der Waals surface area (Å²) in [6.45, 7) is 1.80. The summed E-state index contributed by atoms with van der Waals surface area (Å²) in [6.07, 6.45) is 0. The van der Waals surface area contributed by atoms with Crippen LogP contribution in [0.5, 0.6) is 0 Å². The lowest BCUT2D eigenvalue weighted by atomic mass is 10.2. The van der Waals surface area contributed by atoms with Crippen LogP contribution < -0.4 is 10.6 Å². The highest BCUT2D eigenvalue weighted by molar-refractivity contribution is 7.12. The summed E-state index contributed by atoms with van der Waals surface area (Å²) in [4.78, 5) is 25.6. The summed E-state index contributed by atoms with van der Waals surface area (Å²) in [7, 11) is 0. The van der Waals surface area contributed by atoms with Gasteiger partial charge in [0, 0.05) is 17.3 Å². The van der Waals surface area contributed by atoms with Crippen molar-refractivity contribution in [2.24, 2.45) is 0 Å². The van der Waals surface area contributed by atoms with E-state index in [0.717, 1.165) is 0 Å². The molecule has 2 aromatic heterocycles. The van der Waals surface area contributed by atoms with Crippen LogP contribution >= 0.6 is 11.3 Å². The van der Waals surface area contributed by atoms with Crippen molar-refractivity contribution < 1.29 is 14.0 Å². The number of nitrogens with zero attached hydrogens (tertiary/aromatic N) is 2. The van der Waals surface area contributed by atoms with E-state index in [-0.39, 0.29) is 17.6 Å². The topological polar surface area (TPSA) is 76.0 Å². The quantitative estimate of drug-likeness (QED) is 0.483. The minimum Gasteiger partial charge on any atom is -0.321 e. The number of aromatic nitrogens is 2. The molecule has 6 nitrogen and oxygen atoms in total. The van der Waals surface area contributed by atoms with E-state index in [1.807, 2.05) is 5.38 Å². The van der Waals surface area contributed by atoms with Gasteiger partial charge >= 0.3 is 0 Å². The van der Waals surface area contributed by atoms with Crippen LogP contribution in [0.2, 0.25) is 0 Å². The molecule has 0 spiro atoms. The van der Waals surface area contributed by atoms with Crippen molar-refractivity contribution in [2.45, 2.75) is 6.92 Å². The average Bonchev–Trinajstić information content (AvgIpc) is 3.39. The monoisotopic (exact) mass is 420 g/mol. The van der Waals surface area contributed by atoms with E-state index >= 15 is 0 Å². The first kappa shape index (κ1) is 19.5. The average molecular weight is 420 g/mol. The zero-order valence-electron chi connectivity index (χ0n) is 15.9. The molecule has 8 heteroatoms. The predicted molar refractivity (Wildman–Crippen MR) is 115 cm³/mol. The maximum atomic E-state index is 13.2. The van der Waals surface area contributed by atoms with E-state index in [2.05, 4.69) is 15.7 Å². The fourth-order valence-corrected chi connectivity index (χ4v) is 3.51. The van der Waals surface area contributed by atoms with Gasteiger partial charge in [0.2, 0.25) is 0 Å². The SMILES string of the molecule is Cc1cc(NC(=O)c2cccc(NC(=O)c3cccs3)c2)n(-c2ccc(F)cc2)n1. The van der Waals surface area contributed by atoms with Gasteiger partial charge < -0.3 is 10.6 Å². The smallest absolute Gasteiger partial charge is 0.265 e. The molecule has 0 bridgehead atoms. The molecule has 2 amide bonds. The van der Waals surface area contributed by atoms with Crippen LogP contribution in [-0.2, 0) is 0 Å². The van der Waals surface area contributed by atoms with Crippen LogP contribution in [0.15, 0.2) is 72.1 Å². The second-order valence-electron chi connectivity index (χ2n) is 6.53. The summed E-state index contributed by atoms with van der Waals surface area (Å²) in [6, 6.07) is 17.8. The molecule has 0 saturated heterocycles. The maximum absolute atomic E-state index is 13.2. The Bertz CT molecular complexity index is 1200. The van der Waals surface area contributed by atoms with Crippen molar-refractivity contribution in [3.8, 4) is 5.69 Å². The third-order valence-corrected chi connectivity index (χ3v) is 5.14. The number of nitrogens with one attached hydrogen (secondary N) is 2. The molecule has 0 radical (unpaired) electrons. The highest BCUT2D eigenvalue weighted by Gasteiger charge is 2.14. The van der Waals surface area contributed by atoms with Crippen molar-refractivity contribution in [1.82, 2.24) is 9.78 Å². The van der Waals surface area contributed by atoms with E-state index in [4.69, 9.17) is 0 Å². The van der Waals surface area contributed by atoms with Crippen molar-refractivity contribution >= 4 is 34.7 Å². The molecule has 2 N–H and O–H groups in total. The van der Waals surface area contributed by atoms with Gasteiger partial charge in [-0.25, -0.2) is 9.07 Å². The predicted octanol–water partition coefficient (Wildman–Crippen LogP) is 4.89. The molecule has 4 aromatic rings. The molecule has 2 heterocycles. The molecular weight excluding hydrogens is 403 g/mol. The normalized spacial score (nSPS) is 10.6. The first-order chi connectivity index (χ1) is 14.5. The van der Waals surface area contributed by atoms with Gasteiger partial charge in [-0.2, -0.15) is 5.10 Å². The minimum absolute atomic E-state index is 0.229. The van der Waals surface area contributed by atoms with Gasteiger partial charge in [0.25, 0.3) is 11.8 Å². The molecule has 0 unspecified atom stereocenters. The largest absolute Gasteiger partial charge is 0.321 e. The zero-order chi connectivity index (χ0) is 21.1. The Morgan fingerprint density at radius 2 is 1.77 bits per heavy atom. The van der Waals surface area contributed by atoms with Gasteiger partial charge in [-0.3, -0.25) is 9.59 Å². The Hall–Kier alpha value is -3.78. The molecule has 0 aliphatic carbocycles. The molecular formula is C22H17FN4O2S. The molecule has 150 valence electrons. The number of aryl methyl sites for hydroxylation is 1. The number of hydrogen-bond donors (Lipinski definition) is 2. The zero-order valence-corrected chi connectivity index (χ0v) is 16.7. The van der Waals surface area contributed by atoms with Gasteiger partial charge in [-0.1, -0.05) is 12.1 Å². The second kappa shape index (κ2) is 8.30. The van der Waals surface area contributed by atoms with Crippen LogP contribution in [0.1, 0.15) is 25.7 Å². The fourth-order valence-electron chi connectivity index (χ4n) is 2.89. The van der Waals surface area contributed by atoms with Crippen molar-refractivity contribution in [3.05, 3.63) is 94.1 Å². The first-order valence-electron chi connectivity index (χ1n) is 9.08. The molecule has 0 atom stereocenters. The number of amides is 2. The van der Waals surface area contributed by atoms with Crippen molar-refractivity contribution in [3.63, 3.8) is 0 Å². The van der Waals surface area contributed by atoms with Gasteiger partial charge in [0.15, 0.2) is 0 Å². The Balaban J connectivity index is 1.53. The summed E-state index contributed by atoms with van der Waals surface area (Å²) in [5.41, 5.74) is 2.22. The van der Waals surface area contributed by atoms with Crippen LogP contribution in [0, 0.1) is 12.7 Å². The van der Waals surface area contributed by atoms with Crippen molar-refractivity contribution in [2.75, 3.05) is 10.6 Å². The number of thiophene rings is 1. The number of hydrogen-bond acceptors (Lipinski definition) is 4. The first-order valence-corrected chi connectivity index (χ1v) is 9.96. The molecule has 0 aliphatic heterocycles. The Kier molecular flexibility index (Phi) is 5.40. The van der Waals surface area contributed by atoms with Crippen molar-refractivity contribution in [1.29, 1.82) is 0 Å². The van der Waals surface area contributed by atoms with E-state index < -0.39 is 0 Å². The molecule has 0 aliphatic rings. The summed E-state index contributed by atoms with van der Waals surface area (Å²) >= 11 is 1.34. The molecule has 0 fully saturated rings. The molecule has 0 saturated carbocycles. The number of carbonyl (C=O) groups is 2. The number of halogens is 1. The fraction of sp³-hybridized carbons (Fsp3) is 0.0455. The summed E-state index contributed by atoms with van der Waals surface area (Å²) in [5, 5.41) is 11.8. The van der Waals surface area contributed by atoms with Crippen LogP contribution in [0.25, 0.3) is 5.69 Å². The lowest BCUT2D eigenvalue weighted by Gasteiger charge is -2.10. The number of benzene rings is 2. The van der Waals surface area contributed by atoms with Crippen LogP contribution in [0.4, 0.5) is 15.9 Å². The lowest BCUT2D eigenvalue weighted by molar-refractivity contribution is 0.101. The van der Waals surface area contributed by atoms with Gasteiger partial charge in [0.05, 0.1) is 16.3 Å². The third-order valence-electron chi connectivity index (χ3n) is 4.27. The Morgan fingerprint density at radius 3 is 2.50 bits per heavy atom. The number of rotatable bonds is 5.